The molecule has 2 N–H and O–H groups in total. The highest BCUT2D eigenvalue weighted by Crippen LogP contribution is 2.44. The Morgan fingerprint density at radius 2 is 1.80 bits per heavy atom. The number of amides is 3. The van der Waals surface area contributed by atoms with Gasteiger partial charge in [-0.25, -0.2) is 8.42 Å². The number of fused-ring (bicyclic) bond motifs is 2. The van der Waals surface area contributed by atoms with Crippen molar-refractivity contribution in [2.24, 2.45) is 11.3 Å². The summed E-state index contributed by atoms with van der Waals surface area (Å²) in [6.07, 6.45) is 7.44. The lowest BCUT2D eigenvalue weighted by Crippen LogP contribution is -2.60. The Kier molecular flexibility index (Phi) is 9.54. The van der Waals surface area contributed by atoms with Crippen LogP contribution in [0, 0.1) is 11.3 Å². The highest BCUT2D eigenvalue weighted by atomic mass is 32.2. The molecule has 5 aromatic rings. The number of aromatic nitrogens is 3. The Morgan fingerprint density at radius 1 is 0.967 bits per heavy atom. The van der Waals surface area contributed by atoms with Gasteiger partial charge < -0.3 is 28.9 Å². The lowest BCUT2D eigenvalue weighted by molar-refractivity contribution is -0.136. The summed E-state index contributed by atoms with van der Waals surface area (Å²) in [5, 5.41) is 11.1. The number of benzene rings is 3. The van der Waals surface area contributed by atoms with Gasteiger partial charge in [0, 0.05) is 80.4 Å². The first-order chi connectivity index (χ1) is 29.0. The summed E-state index contributed by atoms with van der Waals surface area (Å²) in [5.74, 6) is 0.226. The molecule has 10 rings (SSSR count). The fourth-order valence-electron chi connectivity index (χ4n) is 9.82. The Hall–Kier alpha value is -5.94. The molecule has 5 aliphatic rings. The molecule has 0 bridgehead atoms. The Morgan fingerprint density at radius 3 is 2.58 bits per heavy atom. The van der Waals surface area contributed by atoms with Gasteiger partial charge in [-0.05, 0) is 104 Å². The molecule has 312 valence electrons. The highest BCUT2D eigenvalue weighted by Gasteiger charge is 2.45. The number of hydrogen-bond acceptors (Lipinski definition) is 12. The van der Waals surface area contributed by atoms with Crippen molar-refractivity contribution in [3.63, 3.8) is 0 Å². The van der Waals surface area contributed by atoms with Gasteiger partial charge in [-0.2, -0.15) is 5.10 Å². The van der Waals surface area contributed by atoms with Gasteiger partial charge in [-0.1, -0.05) is 17.3 Å². The van der Waals surface area contributed by atoms with E-state index in [0.29, 0.717) is 47.7 Å². The minimum Gasteiger partial charge on any atom is -0.496 e. The van der Waals surface area contributed by atoms with Crippen molar-refractivity contribution in [3.8, 4) is 5.75 Å². The predicted molar refractivity (Wildman–Crippen MR) is 222 cm³/mol. The van der Waals surface area contributed by atoms with E-state index >= 15 is 0 Å². The number of hydrogen-bond donors (Lipinski definition) is 2. The van der Waals surface area contributed by atoms with Crippen LogP contribution in [0.2, 0.25) is 0 Å². The highest BCUT2D eigenvalue weighted by molar-refractivity contribution is 7.92. The van der Waals surface area contributed by atoms with E-state index < -0.39 is 22.0 Å². The van der Waals surface area contributed by atoms with Crippen LogP contribution < -0.4 is 24.6 Å². The number of rotatable bonds is 11. The van der Waals surface area contributed by atoms with E-state index in [-0.39, 0.29) is 34.4 Å². The van der Waals surface area contributed by atoms with Crippen LogP contribution in [0.4, 0.5) is 17.2 Å². The van der Waals surface area contributed by atoms with Crippen LogP contribution in [0.5, 0.6) is 5.75 Å². The van der Waals surface area contributed by atoms with Crippen LogP contribution >= 0.6 is 0 Å². The summed E-state index contributed by atoms with van der Waals surface area (Å²) < 4.78 is 43.0. The number of sulfonamides is 1. The van der Waals surface area contributed by atoms with Crippen LogP contribution in [-0.4, -0.2) is 110 Å². The van der Waals surface area contributed by atoms with Gasteiger partial charge >= 0.3 is 0 Å². The van der Waals surface area contributed by atoms with Gasteiger partial charge in [0.25, 0.3) is 15.9 Å². The number of ether oxygens (including phenoxy) is 1. The fourth-order valence-corrected chi connectivity index (χ4v) is 10.9. The number of carbonyl (C=O) groups is 3. The second kappa shape index (κ2) is 15.0. The van der Waals surface area contributed by atoms with Crippen LogP contribution in [0.15, 0.2) is 82.5 Å². The maximum absolute atomic E-state index is 13.7. The zero-order chi connectivity index (χ0) is 41.2. The average molecular weight is 834 g/mol. The molecule has 2 atom stereocenters. The minimum absolute atomic E-state index is 0.0673. The first-order valence-corrected chi connectivity index (χ1v) is 22.1. The molecule has 4 fully saturated rings. The molecule has 0 saturated carbocycles. The number of imide groups is 1. The van der Waals surface area contributed by atoms with Gasteiger partial charge in [0.05, 0.1) is 18.6 Å². The molecule has 0 radical (unpaired) electrons. The smallest absolute Gasteiger partial charge is 0.263 e. The Balaban J connectivity index is 0.719. The first kappa shape index (κ1) is 38.3. The zero-order valence-electron chi connectivity index (χ0n) is 33.4. The standard InChI is InChI=1S/C43H47N9O7S/c1-58-36-18-29(24-51-14-3-13-44-51)19-37-39(36)40(46-59-37)47-60(56,57)33-5-2-4-31(20-33)50-26-43(27-50)11-16-48(17-12-43)22-28-10-15-49(23-28)32-7-6-30-25-52(42(55)34(30)21-32)35-8-9-38(53)45-41(35)54/h2-7,13-14,18-21,28,35H,8-12,15-17,22-27H2,1H3,(H,46,47)(H,45,53,54). The third-order valence-corrected chi connectivity index (χ3v) is 14.4. The third-order valence-electron chi connectivity index (χ3n) is 13.1. The maximum Gasteiger partial charge on any atom is 0.263 e. The summed E-state index contributed by atoms with van der Waals surface area (Å²) in [5.41, 5.74) is 4.98. The van der Waals surface area contributed by atoms with Crippen molar-refractivity contribution in [1.29, 1.82) is 0 Å². The van der Waals surface area contributed by atoms with Gasteiger partial charge in [0.2, 0.25) is 11.8 Å². The summed E-state index contributed by atoms with van der Waals surface area (Å²) in [6, 6.07) is 18.0. The number of likely N-dealkylation sites (tertiary alicyclic amines) is 1. The number of carbonyl (C=O) groups excluding carboxylic acids is 3. The number of anilines is 3. The van der Waals surface area contributed by atoms with Gasteiger partial charge in [-0.3, -0.25) is 29.1 Å². The van der Waals surface area contributed by atoms with Gasteiger partial charge in [0.1, 0.15) is 17.2 Å². The van der Waals surface area contributed by atoms with Crippen molar-refractivity contribution >= 4 is 55.9 Å². The Bertz CT molecular complexity index is 2600. The number of nitrogens with zero attached hydrogens (tertiary/aromatic N) is 7. The number of nitrogens with one attached hydrogen (secondary N) is 2. The normalized spacial score (nSPS) is 21.8. The third kappa shape index (κ3) is 7.12. The number of methoxy groups -OCH3 is 1. The van der Waals surface area contributed by atoms with E-state index in [0.717, 1.165) is 87.6 Å². The van der Waals surface area contributed by atoms with Gasteiger partial charge in [-0.15, -0.1) is 0 Å². The summed E-state index contributed by atoms with van der Waals surface area (Å²) in [6.45, 7) is 7.62. The second-order valence-electron chi connectivity index (χ2n) is 17.0. The van der Waals surface area contributed by atoms with E-state index in [1.807, 2.05) is 36.5 Å². The van der Waals surface area contributed by atoms with E-state index in [2.05, 4.69) is 41.1 Å². The fraction of sp³-hybridized carbons (Fsp3) is 0.419. The van der Waals surface area contributed by atoms with Crippen LogP contribution in [0.1, 0.15) is 53.6 Å². The number of piperidine rings is 2. The molecular formula is C43H47N9O7S. The van der Waals surface area contributed by atoms with Crippen molar-refractivity contribution in [2.45, 2.75) is 56.1 Å². The molecule has 17 heteroatoms. The topological polar surface area (TPSA) is 175 Å². The lowest BCUT2D eigenvalue weighted by Gasteiger charge is -2.55. The molecule has 2 aromatic heterocycles. The summed E-state index contributed by atoms with van der Waals surface area (Å²) in [7, 11) is -2.47. The summed E-state index contributed by atoms with van der Waals surface area (Å²) in [4.78, 5) is 46.5. The Labute approximate surface area is 347 Å². The molecule has 5 aliphatic heterocycles. The molecule has 7 heterocycles. The summed E-state index contributed by atoms with van der Waals surface area (Å²) >= 11 is 0. The first-order valence-electron chi connectivity index (χ1n) is 20.6. The van der Waals surface area contributed by atoms with Crippen molar-refractivity contribution in [1.82, 2.24) is 30.1 Å². The van der Waals surface area contributed by atoms with Crippen molar-refractivity contribution < 1.29 is 32.1 Å². The lowest BCUT2D eigenvalue weighted by atomic mass is 9.71. The molecule has 3 amide bonds. The quantitative estimate of drug-likeness (QED) is 0.183. The molecule has 4 saturated heterocycles. The van der Waals surface area contributed by atoms with Crippen molar-refractivity contribution in [3.05, 3.63) is 89.7 Å². The predicted octanol–water partition coefficient (Wildman–Crippen LogP) is 4.07. The van der Waals surface area contributed by atoms with Crippen LogP contribution in [0.25, 0.3) is 11.0 Å². The molecule has 1 spiro atoms. The minimum atomic E-state index is -4.00. The molecule has 16 nitrogen and oxygen atoms in total. The maximum atomic E-state index is 13.7. The second-order valence-corrected chi connectivity index (χ2v) is 18.7. The van der Waals surface area contributed by atoms with E-state index in [4.69, 9.17) is 9.26 Å². The zero-order valence-corrected chi connectivity index (χ0v) is 34.2. The molecule has 2 unspecified atom stereocenters. The largest absolute Gasteiger partial charge is 0.496 e. The van der Waals surface area contributed by atoms with Crippen LogP contribution in [-0.2, 0) is 32.7 Å². The molecular weight excluding hydrogens is 787 g/mol. The molecule has 3 aromatic carbocycles. The van der Waals surface area contributed by atoms with Crippen molar-refractivity contribution in [2.75, 3.05) is 67.4 Å². The molecule has 60 heavy (non-hydrogen) atoms. The SMILES string of the molecule is COc1cc(Cn2cccn2)cc2onc(NS(=O)(=O)c3cccc(N4CC5(CCN(CC6CCN(c7ccc8c(c7)C(=O)N(C7CCC(=O)NC7=O)C8)C6)CC5)C4)c3)c12. The monoisotopic (exact) mass is 833 g/mol. The van der Waals surface area contributed by atoms with Crippen LogP contribution in [0.3, 0.4) is 0 Å². The van der Waals surface area contributed by atoms with E-state index in [1.54, 1.807) is 40.0 Å². The molecule has 0 aliphatic carbocycles. The van der Waals surface area contributed by atoms with E-state index in [1.165, 1.54) is 7.11 Å². The van der Waals surface area contributed by atoms with E-state index in [9.17, 15) is 22.8 Å². The average Bonchev–Trinajstić information content (AvgIpc) is 4.06. The van der Waals surface area contributed by atoms with Gasteiger partial charge in [0.15, 0.2) is 11.4 Å².